The highest BCUT2D eigenvalue weighted by Gasteiger charge is 2.64. The van der Waals surface area contributed by atoms with Gasteiger partial charge in [0.05, 0.1) is 6.04 Å². The Kier molecular flexibility index (Phi) is 5.00. The lowest BCUT2D eigenvalue weighted by atomic mass is 9.78. The normalized spacial score (nSPS) is 24.6. The number of rotatable bonds is 6. The van der Waals surface area contributed by atoms with Crippen molar-refractivity contribution in [1.29, 1.82) is 0 Å². The fourth-order valence-corrected chi connectivity index (χ4v) is 4.93. The number of β-lactam (4-membered cyclic amide) rings is 1. The first-order chi connectivity index (χ1) is 14.8. The molecule has 164 valence electrons. The molecule has 3 amide bonds. The van der Waals surface area contributed by atoms with Crippen molar-refractivity contribution >= 4 is 46.1 Å². The van der Waals surface area contributed by atoms with Crippen molar-refractivity contribution < 1.29 is 33.9 Å². The van der Waals surface area contributed by atoms with Gasteiger partial charge < -0.3 is 31.0 Å². The Balaban J connectivity index is 1.63. The number of thiazole rings is 1. The molecule has 14 heteroatoms. The van der Waals surface area contributed by atoms with Gasteiger partial charge in [-0.1, -0.05) is 5.16 Å². The van der Waals surface area contributed by atoms with Gasteiger partial charge in [-0.25, -0.2) is 14.6 Å². The minimum Gasteiger partial charge on any atom is -0.477 e. The molecule has 2 saturated heterocycles. The van der Waals surface area contributed by atoms with E-state index in [1.54, 1.807) is 5.38 Å². The number of anilines is 1. The van der Waals surface area contributed by atoms with E-state index >= 15 is 0 Å². The number of nitrogen functional groups attached to an aromatic ring is 1. The second-order valence-corrected chi connectivity index (χ2v) is 7.91. The molecule has 0 spiro atoms. The molecule has 0 aromatic carbocycles. The number of carboxylic acids is 1. The lowest BCUT2D eigenvalue weighted by Gasteiger charge is -2.53. The summed E-state index contributed by atoms with van der Waals surface area (Å²) in [6, 6.07) is -1.46. The number of aliphatic carboxylic acids is 1. The van der Waals surface area contributed by atoms with Crippen LogP contribution in [0.25, 0.3) is 0 Å². The summed E-state index contributed by atoms with van der Waals surface area (Å²) >= 11 is 1.12. The Hall–Kier alpha value is -3.68. The largest absolute Gasteiger partial charge is 0.477 e. The zero-order valence-corrected chi connectivity index (χ0v) is 17.0. The molecular weight excluding hydrogens is 432 g/mol. The van der Waals surface area contributed by atoms with Gasteiger partial charge in [-0.15, -0.1) is 11.3 Å². The van der Waals surface area contributed by atoms with Gasteiger partial charge in [0.1, 0.15) is 31.1 Å². The van der Waals surface area contributed by atoms with Crippen molar-refractivity contribution in [3.8, 4) is 0 Å². The number of amides is 3. The molecule has 4 heterocycles. The molecule has 0 radical (unpaired) electrons. The first-order valence-corrected chi connectivity index (χ1v) is 9.99. The van der Waals surface area contributed by atoms with Crippen LogP contribution >= 0.6 is 11.3 Å². The number of hydrogen-bond acceptors (Lipinski definition) is 10. The van der Waals surface area contributed by atoms with Gasteiger partial charge in [0, 0.05) is 23.4 Å². The third kappa shape index (κ3) is 3.15. The highest BCUT2D eigenvalue weighted by atomic mass is 32.1. The van der Waals surface area contributed by atoms with Crippen LogP contribution in [0, 0.1) is 5.92 Å². The molecule has 0 saturated carbocycles. The summed E-state index contributed by atoms with van der Waals surface area (Å²) in [5.74, 6) is -2.82. The van der Waals surface area contributed by atoms with E-state index in [1.807, 2.05) is 0 Å². The molecule has 1 aromatic rings. The maximum atomic E-state index is 13.2. The Morgan fingerprint density at radius 3 is 2.74 bits per heavy atom. The number of carboxylic acid groups (broad SMARTS) is 1. The first-order valence-electron chi connectivity index (χ1n) is 9.11. The number of piperidine rings is 1. The number of carbonyl (C=O) groups is 4. The SMILES string of the molecule is CO/N=C(\C(=O)N1CCC2C(COC(N)=O)=C(C(=O)O)N3C(=O)[C@@H]1[C@@H]23)c1csc(N)n1. The van der Waals surface area contributed by atoms with Gasteiger partial charge in [0.15, 0.2) is 10.8 Å². The Bertz CT molecular complexity index is 1050. The lowest BCUT2D eigenvalue weighted by Crippen LogP contribution is -2.74. The topological polar surface area (TPSA) is 191 Å². The quantitative estimate of drug-likeness (QED) is 0.276. The molecule has 1 unspecified atom stereocenters. The standard InChI is InChI=1S/C17H18N6O7S/c1-29-21-9(8-5-31-16(18)20-8)13(24)22-3-2-6-7(4-30-17(19)28)11(15(26)27)23-10(6)12(22)14(23)25/h5-6,10,12H,2-4H2,1H3,(H2,18,20)(H2,19,28)(H,26,27)/b21-9-/t6?,10-,12+/m1/s1. The summed E-state index contributed by atoms with van der Waals surface area (Å²) in [4.78, 5) is 60.3. The van der Waals surface area contributed by atoms with Crippen LogP contribution in [0.2, 0.25) is 0 Å². The maximum absolute atomic E-state index is 13.2. The number of ether oxygens (including phenoxy) is 1. The average Bonchev–Trinajstić information content (AvgIpc) is 3.29. The van der Waals surface area contributed by atoms with Crippen molar-refractivity contribution in [2.75, 3.05) is 26.0 Å². The van der Waals surface area contributed by atoms with Crippen molar-refractivity contribution in [2.45, 2.75) is 18.5 Å². The molecule has 0 bridgehead atoms. The van der Waals surface area contributed by atoms with Crippen molar-refractivity contribution in [3.63, 3.8) is 0 Å². The monoisotopic (exact) mass is 450 g/mol. The number of nitrogens with two attached hydrogens (primary N) is 2. The van der Waals surface area contributed by atoms with Crippen LogP contribution in [0.5, 0.6) is 0 Å². The molecule has 4 rings (SSSR count). The molecule has 2 fully saturated rings. The number of primary amides is 1. The number of likely N-dealkylation sites (tertiary alicyclic amines) is 1. The number of hydrogen-bond donors (Lipinski definition) is 3. The number of carbonyl (C=O) groups excluding carboxylic acids is 3. The van der Waals surface area contributed by atoms with E-state index in [1.165, 1.54) is 12.0 Å². The molecule has 3 aliphatic heterocycles. The fourth-order valence-electron chi connectivity index (χ4n) is 4.38. The third-order valence-corrected chi connectivity index (χ3v) is 6.19. The highest BCUT2D eigenvalue weighted by Crippen LogP contribution is 2.49. The van der Waals surface area contributed by atoms with E-state index in [4.69, 9.17) is 21.0 Å². The zero-order chi connectivity index (χ0) is 22.4. The van der Waals surface area contributed by atoms with E-state index in [-0.39, 0.29) is 41.3 Å². The maximum Gasteiger partial charge on any atom is 0.404 e. The van der Waals surface area contributed by atoms with E-state index in [2.05, 4.69) is 10.1 Å². The smallest absolute Gasteiger partial charge is 0.404 e. The predicted molar refractivity (Wildman–Crippen MR) is 105 cm³/mol. The van der Waals surface area contributed by atoms with Crippen LogP contribution in [-0.4, -0.2) is 81.8 Å². The second kappa shape index (κ2) is 7.54. The molecule has 13 nitrogen and oxygen atoms in total. The second-order valence-electron chi connectivity index (χ2n) is 7.02. The molecule has 0 aliphatic carbocycles. The van der Waals surface area contributed by atoms with Crippen LogP contribution in [0.3, 0.4) is 0 Å². The number of nitrogens with zero attached hydrogens (tertiary/aromatic N) is 4. The summed E-state index contributed by atoms with van der Waals surface area (Å²) in [6.45, 7) is -0.184. The Morgan fingerprint density at radius 1 is 1.42 bits per heavy atom. The third-order valence-electron chi connectivity index (χ3n) is 5.52. The van der Waals surface area contributed by atoms with E-state index in [0.717, 1.165) is 16.2 Å². The minimum absolute atomic E-state index is 0.109. The van der Waals surface area contributed by atoms with Crippen LogP contribution in [-0.2, 0) is 24.0 Å². The number of aromatic nitrogens is 1. The lowest BCUT2D eigenvalue weighted by molar-refractivity contribution is -0.166. The van der Waals surface area contributed by atoms with Crippen molar-refractivity contribution in [2.24, 2.45) is 16.8 Å². The average molecular weight is 450 g/mol. The predicted octanol–water partition coefficient (Wildman–Crippen LogP) is -1.05. The summed E-state index contributed by atoms with van der Waals surface area (Å²) in [5, 5.41) is 15.2. The van der Waals surface area contributed by atoms with Crippen LogP contribution in [0.4, 0.5) is 9.93 Å². The van der Waals surface area contributed by atoms with Crippen molar-refractivity contribution in [3.05, 3.63) is 22.3 Å². The van der Waals surface area contributed by atoms with Gasteiger partial charge >= 0.3 is 12.1 Å². The molecule has 5 N–H and O–H groups in total. The van der Waals surface area contributed by atoms with Gasteiger partial charge in [0.2, 0.25) is 0 Å². The highest BCUT2D eigenvalue weighted by molar-refractivity contribution is 7.13. The molecule has 3 aliphatic rings. The van der Waals surface area contributed by atoms with Gasteiger partial charge in [0.25, 0.3) is 11.8 Å². The van der Waals surface area contributed by atoms with Gasteiger partial charge in [-0.05, 0) is 6.42 Å². The zero-order valence-electron chi connectivity index (χ0n) is 16.2. The number of oxime groups is 1. The van der Waals surface area contributed by atoms with Gasteiger partial charge in [-0.2, -0.15) is 0 Å². The Morgan fingerprint density at radius 2 is 2.16 bits per heavy atom. The fraction of sp³-hybridized carbons (Fsp3) is 0.412. The molecule has 1 aromatic heterocycles. The summed E-state index contributed by atoms with van der Waals surface area (Å²) < 4.78 is 4.81. The van der Waals surface area contributed by atoms with Crippen LogP contribution in [0.1, 0.15) is 12.1 Å². The van der Waals surface area contributed by atoms with E-state index in [9.17, 15) is 24.3 Å². The Labute approximate surface area is 178 Å². The van der Waals surface area contributed by atoms with E-state index in [0.29, 0.717) is 12.0 Å². The first kappa shape index (κ1) is 20.6. The summed E-state index contributed by atoms with van der Waals surface area (Å²) in [6.07, 6.45) is -0.699. The molecular formula is C17H18N6O7S. The summed E-state index contributed by atoms with van der Waals surface area (Å²) in [5.41, 5.74) is 10.8. The minimum atomic E-state index is -1.32. The van der Waals surface area contributed by atoms with Crippen molar-refractivity contribution in [1.82, 2.24) is 14.8 Å². The van der Waals surface area contributed by atoms with E-state index < -0.39 is 36.0 Å². The van der Waals surface area contributed by atoms with Gasteiger partial charge in [-0.3, -0.25) is 14.5 Å². The molecule has 31 heavy (non-hydrogen) atoms. The summed E-state index contributed by atoms with van der Waals surface area (Å²) in [7, 11) is 1.27. The van der Waals surface area contributed by atoms with Crippen LogP contribution in [0.15, 0.2) is 21.8 Å². The molecule has 3 atom stereocenters. The van der Waals surface area contributed by atoms with Crippen LogP contribution < -0.4 is 11.5 Å².